The topological polar surface area (TPSA) is 74.6 Å². The van der Waals surface area contributed by atoms with Gasteiger partial charge in [0.1, 0.15) is 0 Å². The van der Waals surface area contributed by atoms with E-state index in [0.29, 0.717) is 10.9 Å². The van der Waals surface area contributed by atoms with Gasteiger partial charge in [-0.05, 0) is 36.0 Å². The number of hydrogen-bond donors (Lipinski definition) is 2. The molecule has 0 aliphatic heterocycles. The third kappa shape index (κ3) is 3.94. The van der Waals surface area contributed by atoms with E-state index in [1.165, 1.54) is 12.5 Å². The van der Waals surface area contributed by atoms with Crippen molar-refractivity contribution >= 4 is 37.5 Å². The number of rotatable bonds is 4. The molecule has 1 aliphatic rings. The Morgan fingerprint density at radius 3 is 2.43 bits per heavy atom. The molecule has 2 N–H and O–H groups in total. The fourth-order valence-electron chi connectivity index (χ4n) is 2.89. The average molecular weight is 349 g/mol. The van der Waals surface area contributed by atoms with Crippen molar-refractivity contribution in [2.24, 2.45) is 0 Å². The summed E-state index contributed by atoms with van der Waals surface area (Å²) in [5.74, 6) is -1.04. The molecule has 0 saturated heterocycles. The quantitative estimate of drug-likeness (QED) is 0.867. The van der Waals surface area contributed by atoms with Crippen LogP contribution >= 0.6 is 11.6 Å². The molecule has 0 aromatic heterocycles. The first-order chi connectivity index (χ1) is 9.80. The number of benzene rings is 1. The van der Waals surface area contributed by atoms with Gasteiger partial charge < -0.3 is 9.66 Å². The van der Waals surface area contributed by atoms with Gasteiger partial charge in [-0.1, -0.05) is 43.0 Å². The molecule has 1 fully saturated rings. The Bertz CT molecular complexity index is 636. The lowest BCUT2D eigenvalue weighted by atomic mass is 9.84. The van der Waals surface area contributed by atoms with Gasteiger partial charge in [-0.25, -0.2) is 4.21 Å². The van der Waals surface area contributed by atoms with Crippen LogP contribution in [-0.4, -0.2) is 19.8 Å². The summed E-state index contributed by atoms with van der Waals surface area (Å²) >= 11 is 10.7. The Morgan fingerprint density at radius 2 is 1.95 bits per heavy atom. The number of carboxylic acids is 1. The minimum Gasteiger partial charge on any atom is -0.480 e. The van der Waals surface area contributed by atoms with Crippen LogP contribution in [0.15, 0.2) is 18.2 Å². The summed E-state index contributed by atoms with van der Waals surface area (Å²) in [4.78, 5) is 11.2. The van der Waals surface area contributed by atoms with Gasteiger partial charge in [-0.2, -0.15) is 0 Å². The Balaban J connectivity index is 2.35. The maximum absolute atomic E-state index is 11.6. The number of carboxylic acid groups (broad SMARTS) is 1. The number of aliphatic carboxylic acids is 1. The van der Waals surface area contributed by atoms with Gasteiger partial charge in [-0.15, -0.1) is 0 Å². The highest BCUT2D eigenvalue weighted by Gasteiger charge is 2.30. The highest BCUT2D eigenvalue weighted by atomic mass is 35.5. The molecular weight excluding hydrogens is 332 g/mol. The molecule has 0 amide bonds. The molecule has 1 aromatic rings. The van der Waals surface area contributed by atoms with Gasteiger partial charge in [0, 0.05) is 16.2 Å². The largest absolute Gasteiger partial charge is 0.480 e. The maximum Gasteiger partial charge on any atom is 0.326 e. The van der Waals surface area contributed by atoms with Crippen LogP contribution in [0.1, 0.15) is 54.4 Å². The molecule has 0 radical (unpaired) electrons. The second-order valence-electron chi connectivity index (χ2n) is 5.35. The first-order valence-corrected chi connectivity index (χ1v) is 9.67. The minimum atomic E-state index is -3.90. The molecule has 4 nitrogen and oxygen atoms in total. The van der Waals surface area contributed by atoms with E-state index in [1.54, 1.807) is 12.1 Å². The Hall–Kier alpha value is -0.690. The Kier molecular flexibility index (Phi) is 5.24. The predicted molar refractivity (Wildman–Crippen MR) is 85.8 cm³/mol. The molecule has 21 heavy (non-hydrogen) atoms. The van der Waals surface area contributed by atoms with E-state index in [-0.39, 0.29) is 5.56 Å². The fourth-order valence-corrected chi connectivity index (χ4v) is 4.56. The van der Waals surface area contributed by atoms with E-state index in [1.807, 2.05) is 0 Å². The third-order valence-electron chi connectivity index (χ3n) is 3.89. The minimum absolute atomic E-state index is 0.176. The van der Waals surface area contributed by atoms with Gasteiger partial charge >= 0.3 is 5.97 Å². The molecule has 2 unspecified atom stereocenters. The Labute approximate surface area is 134 Å². The summed E-state index contributed by atoms with van der Waals surface area (Å²) in [7, 11) is -3.90. The van der Waals surface area contributed by atoms with Crippen molar-refractivity contribution in [2.45, 2.75) is 43.3 Å². The van der Waals surface area contributed by atoms with E-state index in [2.05, 4.69) is 11.2 Å². The van der Waals surface area contributed by atoms with Crippen LogP contribution in [0.25, 0.3) is 0 Å². The monoisotopic (exact) mass is 348 g/mol. The predicted octanol–water partition coefficient (Wildman–Crippen LogP) is 3.73. The molecule has 116 valence electrons. The number of carbonyl (C=O) groups is 1. The van der Waals surface area contributed by atoms with E-state index < -0.39 is 20.0 Å². The first kappa shape index (κ1) is 16.7. The van der Waals surface area contributed by atoms with Crippen molar-refractivity contribution in [3.63, 3.8) is 0 Å². The van der Waals surface area contributed by atoms with Crippen LogP contribution in [-0.2, 0) is 24.8 Å². The van der Waals surface area contributed by atoms with E-state index in [4.69, 9.17) is 16.7 Å². The van der Waals surface area contributed by atoms with Gasteiger partial charge in [0.05, 0.1) is 0 Å². The second kappa shape index (κ2) is 6.60. The highest BCUT2D eigenvalue weighted by Crippen LogP contribution is 2.37. The average Bonchev–Trinajstić information content (AvgIpc) is 2.37. The van der Waals surface area contributed by atoms with Crippen LogP contribution in [0.4, 0.5) is 0 Å². The van der Waals surface area contributed by atoms with Crippen LogP contribution in [0.3, 0.4) is 0 Å². The molecule has 2 rings (SSSR count). The normalized spacial score (nSPS) is 20.7. The zero-order valence-corrected chi connectivity index (χ0v) is 13.7. The van der Waals surface area contributed by atoms with Gasteiger partial charge in [0.15, 0.2) is 14.0 Å². The zero-order chi connectivity index (χ0) is 15.6. The summed E-state index contributed by atoms with van der Waals surface area (Å²) in [5, 5.41) is 7.94. The molecule has 0 bridgehead atoms. The molecule has 1 aromatic carbocycles. The molecule has 1 aliphatic carbocycles. The number of halogens is 1. The third-order valence-corrected chi connectivity index (χ3v) is 5.87. The van der Waals surface area contributed by atoms with E-state index in [0.717, 1.165) is 31.2 Å². The fraction of sp³-hybridized carbons (Fsp3) is 0.500. The van der Waals surface area contributed by atoms with E-state index in [9.17, 15) is 13.6 Å². The van der Waals surface area contributed by atoms with Gasteiger partial charge in [-0.3, -0.25) is 4.79 Å². The summed E-state index contributed by atoms with van der Waals surface area (Å²) in [6, 6.07) is 4.79. The molecule has 2 atom stereocenters. The smallest absolute Gasteiger partial charge is 0.326 e. The SMILES string of the molecule is O=C(O)C(c1ccc(C2CCCCC2)c(Cl)c1)S(=O)(O)=S. The molecule has 0 spiro atoms. The molecule has 7 heteroatoms. The highest BCUT2D eigenvalue weighted by molar-refractivity contribution is 8.30. The summed E-state index contributed by atoms with van der Waals surface area (Å²) in [5.41, 5.74) is 1.16. The molecule has 0 heterocycles. The van der Waals surface area contributed by atoms with Crippen molar-refractivity contribution < 1.29 is 18.7 Å². The maximum atomic E-state index is 11.6. The lowest BCUT2D eigenvalue weighted by Crippen LogP contribution is -2.20. The van der Waals surface area contributed by atoms with Crippen molar-refractivity contribution in [1.82, 2.24) is 0 Å². The summed E-state index contributed by atoms with van der Waals surface area (Å²) in [6.07, 6.45) is 5.70. The summed E-state index contributed by atoms with van der Waals surface area (Å²) in [6.45, 7) is 0. The van der Waals surface area contributed by atoms with Crippen LogP contribution in [0.2, 0.25) is 5.02 Å². The van der Waals surface area contributed by atoms with Gasteiger partial charge in [0.25, 0.3) is 0 Å². The van der Waals surface area contributed by atoms with Crippen molar-refractivity contribution in [3.8, 4) is 0 Å². The van der Waals surface area contributed by atoms with Crippen LogP contribution < -0.4 is 0 Å². The first-order valence-electron chi connectivity index (χ1n) is 6.79. The Morgan fingerprint density at radius 1 is 1.33 bits per heavy atom. The standard InChI is InChI=1S/C14H17ClO4S2/c15-12-8-10(13(14(16)17)21(18,19)20)6-7-11(12)9-4-2-1-3-5-9/h6-9,13H,1-5H2,(H,16,17)(H,18,19,20). The van der Waals surface area contributed by atoms with Crippen LogP contribution in [0.5, 0.6) is 0 Å². The van der Waals surface area contributed by atoms with Gasteiger partial charge in [0.2, 0.25) is 0 Å². The van der Waals surface area contributed by atoms with Crippen molar-refractivity contribution in [2.75, 3.05) is 0 Å². The molecular formula is C14H17ClO4S2. The lowest BCUT2D eigenvalue weighted by Gasteiger charge is -2.23. The van der Waals surface area contributed by atoms with E-state index >= 15 is 0 Å². The van der Waals surface area contributed by atoms with Crippen LogP contribution in [0, 0.1) is 0 Å². The lowest BCUT2D eigenvalue weighted by molar-refractivity contribution is -0.136. The number of hydrogen-bond acceptors (Lipinski definition) is 3. The van der Waals surface area contributed by atoms with Crippen molar-refractivity contribution in [1.29, 1.82) is 0 Å². The summed E-state index contributed by atoms with van der Waals surface area (Å²) < 4.78 is 21.0. The zero-order valence-electron chi connectivity index (χ0n) is 11.3. The van der Waals surface area contributed by atoms with Crippen molar-refractivity contribution in [3.05, 3.63) is 34.3 Å². The molecule has 1 saturated carbocycles. The second-order valence-corrected chi connectivity index (χ2v) is 8.69.